The predicted molar refractivity (Wildman–Crippen MR) is 145 cm³/mol. The average Bonchev–Trinajstić information content (AvgIpc) is 2.74. The second-order valence-corrected chi connectivity index (χ2v) is 19.8. The van der Waals surface area contributed by atoms with Crippen LogP contribution in [0.25, 0.3) is 0 Å². The molecule has 0 aromatic heterocycles. The van der Waals surface area contributed by atoms with Crippen LogP contribution in [0.15, 0.2) is 48.5 Å². The fourth-order valence-electron chi connectivity index (χ4n) is 4.19. The highest BCUT2D eigenvalue weighted by Gasteiger charge is 2.28. The zero-order chi connectivity index (χ0) is 24.3. The van der Waals surface area contributed by atoms with E-state index < -0.39 is 16.6 Å². The molecule has 0 radical (unpaired) electrons. The minimum absolute atomic E-state index is 0.296. The SMILES string of the molecule is CCCCc1ccc(OC(=O)c2ccc(CCCCCC[Si](C)(C)O[Si](C)(C)C)cc2)cc1. The molecule has 0 N–H and O–H groups in total. The van der Waals surface area contributed by atoms with Gasteiger partial charge in [-0.05, 0) is 99.9 Å². The summed E-state index contributed by atoms with van der Waals surface area (Å²) in [6.45, 7) is 13.8. The zero-order valence-electron chi connectivity index (χ0n) is 21.7. The molecule has 33 heavy (non-hydrogen) atoms. The molecule has 0 fully saturated rings. The van der Waals surface area contributed by atoms with Crippen LogP contribution in [-0.2, 0) is 17.0 Å². The molecule has 0 aliphatic carbocycles. The van der Waals surface area contributed by atoms with Crippen LogP contribution >= 0.6 is 0 Å². The smallest absolute Gasteiger partial charge is 0.343 e. The van der Waals surface area contributed by atoms with E-state index in [9.17, 15) is 4.79 Å². The number of unbranched alkanes of at least 4 members (excludes halogenated alkanes) is 4. The first kappa shape index (κ1) is 27.5. The molecule has 0 bridgehead atoms. The summed E-state index contributed by atoms with van der Waals surface area (Å²) >= 11 is 0. The van der Waals surface area contributed by atoms with Crippen LogP contribution in [0.2, 0.25) is 38.8 Å². The highest BCUT2D eigenvalue weighted by molar-refractivity contribution is 6.84. The summed E-state index contributed by atoms with van der Waals surface area (Å²) in [5.41, 5.74) is 3.17. The maximum absolute atomic E-state index is 12.5. The van der Waals surface area contributed by atoms with Crippen molar-refractivity contribution in [1.82, 2.24) is 0 Å². The Hall–Kier alpha value is -1.70. The summed E-state index contributed by atoms with van der Waals surface area (Å²) in [4.78, 5) is 12.5. The van der Waals surface area contributed by atoms with Gasteiger partial charge in [-0.3, -0.25) is 0 Å². The molecule has 0 aliphatic rings. The summed E-state index contributed by atoms with van der Waals surface area (Å²) in [6.07, 6.45) is 9.46. The molecule has 0 heterocycles. The Kier molecular flexibility index (Phi) is 11.1. The van der Waals surface area contributed by atoms with Gasteiger partial charge in [-0.15, -0.1) is 0 Å². The third-order valence-electron chi connectivity index (χ3n) is 5.72. The van der Waals surface area contributed by atoms with Gasteiger partial charge in [0.25, 0.3) is 0 Å². The largest absolute Gasteiger partial charge is 0.456 e. The lowest BCUT2D eigenvalue weighted by Crippen LogP contribution is -2.42. The summed E-state index contributed by atoms with van der Waals surface area (Å²) in [5, 5.41) is 0. The van der Waals surface area contributed by atoms with Crippen molar-refractivity contribution in [2.45, 2.75) is 97.1 Å². The van der Waals surface area contributed by atoms with E-state index in [1.54, 1.807) is 0 Å². The van der Waals surface area contributed by atoms with Gasteiger partial charge in [-0.2, -0.15) is 0 Å². The molecule has 0 atom stereocenters. The van der Waals surface area contributed by atoms with Crippen LogP contribution < -0.4 is 4.74 Å². The van der Waals surface area contributed by atoms with Crippen molar-refractivity contribution in [1.29, 1.82) is 0 Å². The van der Waals surface area contributed by atoms with Crippen molar-refractivity contribution < 1.29 is 13.6 Å². The van der Waals surface area contributed by atoms with Gasteiger partial charge < -0.3 is 8.85 Å². The molecule has 0 saturated heterocycles. The topological polar surface area (TPSA) is 35.5 Å². The maximum atomic E-state index is 12.5. The number of carbonyl (C=O) groups excluding carboxylic acids is 1. The molecule has 2 aromatic carbocycles. The van der Waals surface area contributed by atoms with E-state index in [1.807, 2.05) is 36.4 Å². The van der Waals surface area contributed by atoms with Gasteiger partial charge in [-0.25, -0.2) is 4.79 Å². The second-order valence-electron chi connectivity index (χ2n) is 10.7. The van der Waals surface area contributed by atoms with Gasteiger partial charge in [0.05, 0.1) is 5.56 Å². The molecule has 0 aliphatic heterocycles. The number of benzene rings is 2. The van der Waals surface area contributed by atoms with E-state index in [4.69, 9.17) is 8.85 Å². The summed E-state index contributed by atoms with van der Waals surface area (Å²) in [6, 6.07) is 17.0. The molecule has 2 aromatic rings. The van der Waals surface area contributed by atoms with Gasteiger partial charge in [0.2, 0.25) is 0 Å². The van der Waals surface area contributed by atoms with Crippen molar-refractivity contribution in [3.63, 3.8) is 0 Å². The first-order valence-corrected chi connectivity index (χ1v) is 19.2. The molecule has 5 heteroatoms. The fourth-order valence-corrected chi connectivity index (χ4v) is 12.3. The van der Waals surface area contributed by atoms with Crippen molar-refractivity contribution >= 4 is 22.6 Å². The van der Waals surface area contributed by atoms with Crippen molar-refractivity contribution in [2.24, 2.45) is 0 Å². The van der Waals surface area contributed by atoms with Crippen molar-refractivity contribution in [3.05, 3.63) is 65.2 Å². The highest BCUT2D eigenvalue weighted by Crippen LogP contribution is 2.22. The lowest BCUT2D eigenvalue weighted by Gasteiger charge is -2.31. The number of ether oxygens (including phenoxy) is 1. The average molecular weight is 485 g/mol. The molecule has 0 saturated carbocycles. The monoisotopic (exact) mass is 484 g/mol. The standard InChI is InChI=1S/C28H44O3Si2/c1-7-8-13-24-17-21-27(22-18-24)30-28(29)26-19-15-25(16-20-26)14-11-9-10-12-23-33(5,6)31-32(2,3)4/h15-22H,7-14,23H2,1-6H3. The molecular formula is C28H44O3Si2. The zero-order valence-corrected chi connectivity index (χ0v) is 23.7. The van der Waals surface area contributed by atoms with Crippen LogP contribution in [0.5, 0.6) is 5.75 Å². The molecule has 0 spiro atoms. The summed E-state index contributed by atoms with van der Waals surface area (Å²) in [5.74, 6) is 0.306. The second kappa shape index (κ2) is 13.3. The minimum Gasteiger partial charge on any atom is -0.456 e. The Morgan fingerprint density at radius 2 is 1.27 bits per heavy atom. The Labute approximate surface area is 204 Å². The van der Waals surface area contributed by atoms with Crippen LogP contribution in [-0.4, -0.2) is 22.6 Å². The first-order chi connectivity index (χ1) is 15.6. The number of hydrogen-bond acceptors (Lipinski definition) is 3. The number of aryl methyl sites for hydroxylation is 2. The number of esters is 1. The van der Waals surface area contributed by atoms with Crippen LogP contribution in [0.1, 0.15) is 66.9 Å². The normalized spacial score (nSPS) is 12.1. The number of carbonyl (C=O) groups is 1. The highest BCUT2D eigenvalue weighted by atomic mass is 28.4. The Balaban J connectivity index is 1.69. The van der Waals surface area contributed by atoms with Gasteiger partial charge in [0.1, 0.15) is 5.75 Å². The number of rotatable bonds is 14. The van der Waals surface area contributed by atoms with E-state index in [0.29, 0.717) is 11.3 Å². The Morgan fingerprint density at radius 3 is 1.85 bits per heavy atom. The third-order valence-corrected chi connectivity index (χ3v) is 11.9. The molecule has 3 nitrogen and oxygen atoms in total. The predicted octanol–water partition coefficient (Wildman–Crippen LogP) is 8.41. The van der Waals surface area contributed by atoms with Crippen molar-refractivity contribution in [2.75, 3.05) is 0 Å². The fraction of sp³-hybridized carbons (Fsp3) is 0.536. The van der Waals surface area contributed by atoms with E-state index in [1.165, 1.54) is 55.7 Å². The van der Waals surface area contributed by atoms with Crippen LogP contribution in [0.3, 0.4) is 0 Å². The Bertz CT molecular complexity index is 837. The Morgan fingerprint density at radius 1 is 0.727 bits per heavy atom. The van der Waals surface area contributed by atoms with E-state index >= 15 is 0 Å². The molecule has 0 unspecified atom stereocenters. The van der Waals surface area contributed by atoms with E-state index in [2.05, 4.69) is 51.8 Å². The first-order valence-electron chi connectivity index (χ1n) is 12.7. The van der Waals surface area contributed by atoms with Gasteiger partial charge in [-0.1, -0.05) is 56.9 Å². The van der Waals surface area contributed by atoms with Crippen LogP contribution in [0, 0.1) is 0 Å². The van der Waals surface area contributed by atoms with Crippen molar-refractivity contribution in [3.8, 4) is 5.75 Å². The molecule has 0 amide bonds. The van der Waals surface area contributed by atoms with E-state index in [-0.39, 0.29) is 5.97 Å². The maximum Gasteiger partial charge on any atom is 0.343 e. The van der Waals surface area contributed by atoms with Gasteiger partial charge >= 0.3 is 5.97 Å². The third kappa shape index (κ3) is 11.3. The lowest BCUT2D eigenvalue weighted by molar-refractivity contribution is 0.0734. The van der Waals surface area contributed by atoms with E-state index in [0.717, 1.165) is 12.8 Å². The number of hydrogen-bond donors (Lipinski definition) is 0. The minimum atomic E-state index is -1.50. The molecule has 2 rings (SSSR count). The summed E-state index contributed by atoms with van der Waals surface area (Å²) < 4.78 is 12.0. The molecule has 182 valence electrons. The van der Waals surface area contributed by atoms with Gasteiger partial charge in [0, 0.05) is 0 Å². The summed E-state index contributed by atoms with van der Waals surface area (Å²) in [7, 11) is -2.92. The van der Waals surface area contributed by atoms with Crippen LogP contribution in [0.4, 0.5) is 0 Å². The molecular weight excluding hydrogens is 440 g/mol. The quantitative estimate of drug-likeness (QED) is 0.117. The van der Waals surface area contributed by atoms with Gasteiger partial charge in [0.15, 0.2) is 16.6 Å². The lowest BCUT2D eigenvalue weighted by atomic mass is 10.0.